The van der Waals surface area contributed by atoms with Gasteiger partial charge in [0, 0.05) is 37.5 Å². The van der Waals surface area contributed by atoms with Gasteiger partial charge >= 0.3 is 0 Å². The van der Waals surface area contributed by atoms with Gasteiger partial charge in [0.05, 0.1) is 0 Å². The van der Waals surface area contributed by atoms with Gasteiger partial charge in [-0.25, -0.2) is 0 Å². The largest absolute Gasteiger partial charge is 0.342 e. The van der Waals surface area contributed by atoms with Crippen molar-refractivity contribution in [2.24, 2.45) is 11.3 Å². The minimum absolute atomic E-state index is 0.406. The van der Waals surface area contributed by atoms with Gasteiger partial charge < -0.3 is 10.2 Å². The maximum Gasteiger partial charge on any atom is 0.225 e. The first-order valence-corrected chi connectivity index (χ1v) is 5.29. The molecule has 3 fully saturated rings. The van der Waals surface area contributed by atoms with Crippen molar-refractivity contribution in [1.82, 2.24) is 10.2 Å². The van der Waals surface area contributed by atoms with E-state index in [0.717, 1.165) is 39.0 Å². The van der Waals surface area contributed by atoms with Gasteiger partial charge in [-0.15, -0.1) is 0 Å². The third kappa shape index (κ3) is 1.17. The number of nitrogens with zero attached hydrogens (tertiary/aromatic N) is 1. The molecule has 2 saturated heterocycles. The Morgan fingerprint density at radius 2 is 2.15 bits per heavy atom. The summed E-state index contributed by atoms with van der Waals surface area (Å²) in [6.07, 6.45) is 3.50. The van der Waals surface area contributed by atoms with Crippen LogP contribution in [0.1, 0.15) is 19.3 Å². The summed E-state index contributed by atoms with van der Waals surface area (Å²) in [4.78, 5) is 13.8. The lowest BCUT2D eigenvalue weighted by atomic mass is 9.81. The number of carbonyl (C=O) groups is 1. The highest BCUT2D eigenvalue weighted by Crippen LogP contribution is 2.38. The number of carbonyl (C=O) groups excluding carboxylic acids is 1. The molecule has 1 spiro atoms. The van der Waals surface area contributed by atoms with Gasteiger partial charge in [-0.1, -0.05) is 0 Å². The summed E-state index contributed by atoms with van der Waals surface area (Å²) < 4.78 is 0. The van der Waals surface area contributed by atoms with Crippen LogP contribution in [0.3, 0.4) is 0 Å². The zero-order chi connectivity index (χ0) is 8.89. The van der Waals surface area contributed by atoms with Gasteiger partial charge in [-0.2, -0.15) is 0 Å². The van der Waals surface area contributed by atoms with E-state index in [2.05, 4.69) is 10.2 Å². The number of amides is 1. The molecule has 3 aliphatic rings. The van der Waals surface area contributed by atoms with Crippen molar-refractivity contribution < 1.29 is 4.79 Å². The lowest BCUT2D eigenvalue weighted by Crippen LogP contribution is -2.55. The summed E-state index contributed by atoms with van der Waals surface area (Å²) in [6.45, 7) is 4.29. The molecule has 0 atom stereocenters. The third-order valence-corrected chi connectivity index (χ3v) is 3.68. The molecule has 1 saturated carbocycles. The van der Waals surface area contributed by atoms with Crippen molar-refractivity contribution in [2.75, 3.05) is 26.2 Å². The highest BCUT2D eigenvalue weighted by Gasteiger charge is 2.46. The van der Waals surface area contributed by atoms with Gasteiger partial charge in [-0.3, -0.25) is 4.79 Å². The van der Waals surface area contributed by atoms with Crippen LogP contribution in [-0.2, 0) is 4.79 Å². The van der Waals surface area contributed by atoms with Crippen LogP contribution in [0.4, 0.5) is 0 Å². The van der Waals surface area contributed by atoms with E-state index in [1.807, 2.05) is 0 Å². The summed E-state index contributed by atoms with van der Waals surface area (Å²) in [5.41, 5.74) is 0.477. The van der Waals surface area contributed by atoms with Gasteiger partial charge in [0.15, 0.2) is 0 Å². The summed E-state index contributed by atoms with van der Waals surface area (Å²) in [5, 5.41) is 3.31. The standard InChI is InChI=1S/C10H16N2O/c13-9(8-1-2-8)12-4-3-10(7-12)5-11-6-10/h8,11H,1-7H2. The number of nitrogens with one attached hydrogen (secondary N) is 1. The topological polar surface area (TPSA) is 32.3 Å². The predicted molar refractivity (Wildman–Crippen MR) is 49.2 cm³/mol. The molecule has 2 aliphatic heterocycles. The molecule has 1 aliphatic carbocycles. The fourth-order valence-electron chi connectivity index (χ4n) is 2.48. The fourth-order valence-corrected chi connectivity index (χ4v) is 2.48. The summed E-state index contributed by atoms with van der Waals surface area (Å²) in [5.74, 6) is 0.840. The predicted octanol–water partition coefficient (Wildman–Crippen LogP) is 0.218. The first-order chi connectivity index (χ1) is 6.29. The maximum atomic E-state index is 11.7. The van der Waals surface area contributed by atoms with Crippen LogP contribution < -0.4 is 5.32 Å². The molecule has 3 nitrogen and oxygen atoms in total. The van der Waals surface area contributed by atoms with Gasteiger partial charge in [-0.05, 0) is 19.3 Å². The Kier molecular flexibility index (Phi) is 1.48. The Balaban J connectivity index is 1.64. The smallest absolute Gasteiger partial charge is 0.225 e. The van der Waals surface area contributed by atoms with E-state index in [1.54, 1.807) is 0 Å². The Morgan fingerprint density at radius 3 is 2.62 bits per heavy atom. The number of hydrogen-bond donors (Lipinski definition) is 1. The SMILES string of the molecule is O=C(C1CC1)N1CCC2(CNC2)C1. The van der Waals surface area contributed by atoms with E-state index in [4.69, 9.17) is 0 Å². The van der Waals surface area contributed by atoms with Crippen LogP contribution in [-0.4, -0.2) is 37.0 Å². The quantitative estimate of drug-likeness (QED) is 0.626. The Labute approximate surface area is 78.5 Å². The third-order valence-electron chi connectivity index (χ3n) is 3.68. The molecule has 0 unspecified atom stereocenters. The zero-order valence-electron chi connectivity index (χ0n) is 7.88. The molecule has 3 rings (SSSR count). The normalized spacial score (nSPS) is 30.6. The minimum Gasteiger partial charge on any atom is -0.342 e. The first-order valence-electron chi connectivity index (χ1n) is 5.29. The second-order valence-corrected chi connectivity index (χ2v) is 4.89. The highest BCUT2D eigenvalue weighted by molar-refractivity contribution is 5.81. The lowest BCUT2D eigenvalue weighted by molar-refractivity contribution is -0.132. The van der Waals surface area contributed by atoms with E-state index >= 15 is 0 Å². The van der Waals surface area contributed by atoms with Crippen LogP contribution in [0.2, 0.25) is 0 Å². The number of hydrogen-bond acceptors (Lipinski definition) is 2. The maximum absolute atomic E-state index is 11.7. The summed E-state index contributed by atoms with van der Waals surface area (Å²) in [7, 11) is 0. The van der Waals surface area contributed by atoms with Crippen LogP contribution >= 0.6 is 0 Å². The van der Waals surface area contributed by atoms with Gasteiger partial charge in [0.2, 0.25) is 5.91 Å². The molecule has 0 aromatic rings. The molecule has 1 amide bonds. The lowest BCUT2D eigenvalue weighted by Gasteiger charge is -2.39. The molecule has 0 radical (unpaired) electrons. The van der Waals surface area contributed by atoms with Crippen LogP contribution in [0.25, 0.3) is 0 Å². The van der Waals surface area contributed by atoms with Gasteiger partial charge in [0.1, 0.15) is 0 Å². The highest BCUT2D eigenvalue weighted by atomic mass is 16.2. The van der Waals surface area contributed by atoms with E-state index in [1.165, 1.54) is 6.42 Å². The second kappa shape index (κ2) is 2.47. The summed E-state index contributed by atoms with van der Waals surface area (Å²) in [6, 6.07) is 0. The molecule has 1 N–H and O–H groups in total. The van der Waals surface area contributed by atoms with Crippen molar-refractivity contribution in [1.29, 1.82) is 0 Å². The molecule has 72 valence electrons. The van der Waals surface area contributed by atoms with Crippen molar-refractivity contribution >= 4 is 5.91 Å². The average molecular weight is 180 g/mol. The van der Waals surface area contributed by atoms with Crippen molar-refractivity contribution in [3.8, 4) is 0 Å². The first kappa shape index (κ1) is 7.80. The molecule has 0 bridgehead atoms. The molecule has 3 heteroatoms. The van der Waals surface area contributed by atoms with Crippen LogP contribution in [0.5, 0.6) is 0 Å². The Morgan fingerprint density at radius 1 is 1.38 bits per heavy atom. The monoisotopic (exact) mass is 180 g/mol. The number of likely N-dealkylation sites (tertiary alicyclic amines) is 1. The Bertz CT molecular complexity index is 243. The fraction of sp³-hybridized carbons (Fsp3) is 0.900. The average Bonchev–Trinajstić information content (AvgIpc) is 2.80. The second-order valence-electron chi connectivity index (χ2n) is 4.89. The molecule has 0 aromatic carbocycles. The molecular formula is C10H16N2O. The van der Waals surface area contributed by atoms with E-state index in [0.29, 0.717) is 17.2 Å². The van der Waals surface area contributed by atoms with Crippen LogP contribution in [0, 0.1) is 11.3 Å². The number of rotatable bonds is 1. The van der Waals surface area contributed by atoms with Gasteiger partial charge in [0.25, 0.3) is 0 Å². The Hall–Kier alpha value is -0.570. The van der Waals surface area contributed by atoms with Crippen molar-refractivity contribution in [3.63, 3.8) is 0 Å². The van der Waals surface area contributed by atoms with E-state index in [9.17, 15) is 4.79 Å². The van der Waals surface area contributed by atoms with Crippen molar-refractivity contribution in [3.05, 3.63) is 0 Å². The molecule has 2 heterocycles. The van der Waals surface area contributed by atoms with Crippen molar-refractivity contribution in [2.45, 2.75) is 19.3 Å². The minimum atomic E-state index is 0.406. The molecule has 0 aromatic heterocycles. The molecular weight excluding hydrogens is 164 g/mol. The zero-order valence-corrected chi connectivity index (χ0v) is 7.88. The summed E-state index contributed by atoms with van der Waals surface area (Å²) >= 11 is 0. The van der Waals surface area contributed by atoms with E-state index in [-0.39, 0.29) is 0 Å². The molecule has 13 heavy (non-hydrogen) atoms. The van der Waals surface area contributed by atoms with Crippen LogP contribution in [0.15, 0.2) is 0 Å². The van der Waals surface area contributed by atoms with E-state index < -0.39 is 0 Å².